The molecule has 2 rings (SSSR count). The zero-order chi connectivity index (χ0) is 19.1. The number of hydrogen-bond acceptors (Lipinski definition) is 4. The first kappa shape index (κ1) is 19.2. The summed E-state index contributed by atoms with van der Waals surface area (Å²) in [6, 6.07) is 12.6. The van der Waals surface area contributed by atoms with E-state index in [1.165, 1.54) is 11.6 Å². The number of benzene rings is 2. The number of amides is 2. The van der Waals surface area contributed by atoms with Crippen LogP contribution in [0.25, 0.3) is 0 Å². The van der Waals surface area contributed by atoms with Gasteiger partial charge in [0.1, 0.15) is 0 Å². The Bertz CT molecular complexity index is 773. The summed E-state index contributed by atoms with van der Waals surface area (Å²) < 4.78 is 0. The molecule has 2 amide bonds. The lowest BCUT2D eigenvalue weighted by Gasteiger charge is -2.13. The van der Waals surface area contributed by atoms with Crippen molar-refractivity contribution in [2.45, 2.75) is 19.8 Å². The molecular formula is C19H24N4O3. The largest absolute Gasteiger partial charge is 0.378 e. The van der Waals surface area contributed by atoms with Crippen LogP contribution in [0.3, 0.4) is 0 Å². The molecule has 0 aromatic heterocycles. The minimum absolute atomic E-state index is 0.0102. The minimum atomic E-state index is -0.458. The maximum atomic E-state index is 12.0. The van der Waals surface area contributed by atoms with Gasteiger partial charge in [-0.2, -0.15) is 0 Å². The van der Waals surface area contributed by atoms with Gasteiger partial charge >= 0.3 is 6.03 Å². The first-order chi connectivity index (χ1) is 12.4. The number of carbonyl (C=O) groups excluding carboxylic acids is 1. The van der Waals surface area contributed by atoms with E-state index in [0.717, 1.165) is 18.5 Å². The van der Waals surface area contributed by atoms with E-state index in [0.29, 0.717) is 17.8 Å². The van der Waals surface area contributed by atoms with Crippen molar-refractivity contribution in [3.05, 3.63) is 63.7 Å². The fourth-order valence-electron chi connectivity index (χ4n) is 2.58. The van der Waals surface area contributed by atoms with E-state index < -0.39 is 4.92 Å². The Hall–Kier alpha value is -3.09. The summed E-state index contributed by atoms with van der Waals surface area (Å²) in [6.07, 6.45) is 1.67. The Labute approximate surface area is 153 Å². The van der Waals surface area contributed by atoms with Crippen LogP contribution in [0.2, 0.25) is 0 Å². The number of nitro benzene ring substituents is 1. The molecule has 0 saturated carbocycles. The third-order valence-corrected chi connectivity index (χ3v) is 4.13. The molecule has 2 N–H and O–H groups in total. The van der Waals surface area contributed by atoms with Crippen LogP contribution in [0.5, 0.6) is 0 Å². The highest BCUT2D eigenvalue weighted by molar-refractivity contribution is 5.90. The second-order valence-electron chi connectivity index (χ2n) is 6.25. The second kappa shape index (κ2) is 8.84. The molecule has 0 bridgehead atoms. The van der Waals surface area contributed by atoms with E-state index in [-0.39, 0.29) is 11.7 Å². The van der Waals surface area contributed by atoms with Crippen LogP contribution in [0.1, 0.15) is 17.5 Å². The van der Waals surface area contributed by atoms with Gasteiger partial charge in [-0.15, -0.1) is 0 Å². The molecule has 0 radical (unpaired) electrons. The molecule has 0 spiro atoms. The van der Waals surface area contributed by atoms with Crippen LogP contribution in [0, 0.1) is 17.0 Å². The topological polar surface area (TPSA) is 87.5 Å². The van der Waals surface area contributed by atoms with Crippen LogP contribution in [-0.4, -0.2) is 31.6 Å². The average Bonchev–Trinajstić information content (AvgIpc) is 2.60. The van der Waals surface area contributed by atoms with E-state index in [9.17, 15) is 14.9 Å². The lowest BCUT2D eigenvalue weighted by Crippen LogP contribution is -2.30. The van der Waals surface area contributed by atoms with Gasteiger partial charge in [-0.25, -0.2) is 4.79 Å². The van der Waals surface area contributed by atoms with Gasteiger partial charge in [-0.1, -0.05) is 18.2 Å². The number of nitrogens with one attached hydrogen (secondary N) is 2. The lowest BCUT2D eigenvalue weighted by atomic mass is 10.1. The van der Waals surface area contributed by atoms with E-state index in [4.69, 9.17) is 0 Å². The Kier molecular flexibility index (Phi) is 6.54. The van der Waals surface area contributed by atoms with E-state index in [1.807, 2.05) is 19.0 Å². The number of nitro groups is 1. The third kappa shape index (κ3) is 5.20. The summed E-state index contributed by atoms with van der Waals surface area (Å²) in [5.41, 5.74) is 3.24. The van der Waals surface area contributed by atoms with Gasteiger partial charge in [-0.3, -0.25) is 10.1 Å². The predicted octanol–water partition coefficient (Wildman–Crippen LogP) is 3.72. The number of aryl methyl sites for hydroxylation is 1. The number of hydrogen-bond donors (Lipinski definition) is 2. The molecule has 0 aliphatic heterocycles. The fraction of sp³-hybridized carbons (Fsp3) is 0.316. The van der Waals surface area contributed by atoms with Crippen LogP contribution < -0.4 is 15.5 Å². The highest BCUT2D eigenvalue weighted by Gasteiger charge is 2.14. The van der Waals surface area contributed by atoms with Crippen LogP contribution in [0.4, 0.5) is 21.9 Å². The van der Waals surface area contributed by atoms with E-state index in [2.05, 4.69) is 34.9 Å². The third-order valence-electron chi connectivity index (χ3n) is 4.13. The smallest absolute Gasteiger partial charge is 0.319 e. The fourth-order valence-corrected chi connectivity index (χ4v) is 2.58. The Morgan fingerprint density at radius 2 is 1.85 bits per heavy atom. The van der Waals surface area contributed by atoms with Gasteiger partial charge in [0.25, 0.3) is 5.69 Å². The number of carbonyl (C=O) groups is 1. The van der Waals surface area contributed by atoms with E-state index >= 15 is 0 Å². The molecule has 0 atom stereocenters. The van der Waals surface area contributed by atoms with Gasteiger partial charge < -0.3 is 15.5 Å². The molecule has 0 aliphatic carbocycles. The maximum Gasteiger partial charge on any atom is 0.319 e. The number of nitrogens with zero attached hydrogens (tertiary/aromatic N) is 2. The summed E-state index contributed by atoms with van der Waals surface area (Å²) >= 11 is 0. The molecule has 7 nitrogen and oxygen atoms in total. The summed E-state index contributed by atoms with van der Waals surface area (Å²) in [4.78, 5) is 24.5. The van der Waals surface area contributed by atoms with Gasteiger partial charge in [0, 0.05) is 32.4 Å². The monoisotopic (exact) mass is 356 g/mol. The first-order valence-corrected chi connectivity index (χ1v) is 8.43. The van der Waals surface area contributed by atoms with Crippen molar-refractivity contribution in [1.82, 2.24) is 5.32 Å². The quantitative estimate of drug-likeness (QED) is 0.450. The zero-order valence-corrected chi connectivity index (χ0v) is 15.3. The molecule has 0 saturated heterocycles. The molecular weight excluding hydrogens is 332 g/mol. The maximum absolute atomic E-state index is 12.0. The van der Waals surface area contributed by atoms with Gasteiger partial charge in [0.15, 0.2) is 0 Å². The van der Waals surface area contributed by atoms with Crippen LogP contribution in [-0.2, 0) is 6.42 Å². The lowest BCUT2D eigenvalue weighted by molar-refractivity contribution is -0.385. The standard InChI is InChI=1S/C19H24N4O3/c1-14-17(7-4-8-18(14)23(25)26)21-19(24)20-13-5-6-15-9-11-16(12-10-15)22(2)3/h4,7-12H,5-6,13H2,1-3H3,(H2,20,21,24). The molecule has 2 aromatic rings. The highest BCUT2D eigenvalue weighted by Crippen LogP contribution is 2.24. The summed E-state index contributed by atoms with van der Waals surface area (Å²) in [5.74, 6) is 0. The van der Waals surface area contributed by atoms with Gasteiger partial charge in [0.05, 0.1) is 16.2 Å². The number of urea groups is 1. The Morgan fingerprint density at radius 1 is 1.15 bits per heavy atom. The summed E-state index contributed by atoms with van der Waals surface area (Å²) in [5, 5.41) is 16.4. The normalized spacial score (nSPS) is 10.3. The molecule has 0 unspecified atom stereocenters. The van der Waals surface area contributed by atoms with Crippen molar-refractivity contribution in [3.8, 4) is 0 Å². The minimum Gasteiger partial charge on any atom is -0.378 e. The van der Waals surface area contributed by atoms with Crippen molar-refractivity contribution < 1.29 is 9.72 Å². The highest BCUT2D eigenvalue weighted by atomic mass is 16.6. The molecule has 0 heterocycles. The Morgan fingerprint density at radius 3 is 2.46 bits per heavy atom. The van der Waals surface area contributed by atoms with Gasteiger partial charge in [-0.05, 0) is 43.5 Å². The van der Waals surface area contributed by atoms with Crippen LogP contribution >= 0.6 is 0 Å². The van der Waals surface area contributed by atoms with E-state index in [1.54, 1.807) is 19.1 Å². The average molecular weight is 356 g/mol. The molecule has 0 fully saturated rings. The van der Waals surface area contributed by atoms with Crippen molar-refractivity contribution in [3.63, 3.8) is 0 Å². The Balaban J connectivity index is 1.79. The first-order valence-electron chi connectivity index (χ1n) is 8.43. The molecule has 0 aliphatic rings. The molecule has 7 heteroatoms. The molecule has 26 heavy (non-hydrogen) atoms. The molecule has 2 aromatic carbocycles. The summed E-state index contributed by atoms with van der Waals surface area (Å²) in [6.45, 7) is 2.14. The SMILES string of the molecule is Cc1c(NC(=O)NCCCc2ccc(N(C)C)cc2)cccc1[N+](=O)[O-]. The van der Waals surface area contributed by atoms with Crippen LogP contribution in [0.15, 0.2) is 42.5 Å². The number of anilines is 2. The van der Waals surface area contributed by atoms with Crippen molar-refractivity contribution in [1.29, 1.82) is 0 Å². The van der Waals surface area contributed by atoms with Crippen molar-refractivity contribution >= 4 is 23.1 Å². The van der Waals surface area contributed by atoms with Crippen molar-refractivity contribution in [2.24, 2.45) is 0 Å². The second-order valence-corrected chi connectivity index (χ2v) is 6.25. The van der Waals surface area contributed by atoms with Gasteiger partial charge in [0.2, 0.25) is 0 Å². The zero-order valence-electron chi connectivity index (χ0n) is 15.3. The molecule has 138 valence electrons. The number of rotatable bonds is 7. The predicted molar refractivity (Wildman–Crippen MR) is 104 cm³/mol. The van der Waals surface area contributed by atoms with Crippen molar-refractivity contribution in [2.75, 3.05) is 30.9 Å². The summed E-state index contributed by atoms with van der Waals surface area (Å²) in [7, 11) is 4.00.